The molecule has 0 bridgehead atoms. The summed E-state index contributed by atoms with van der Waals surface area (Å²) in [5.74, 6) is -0.258. The van der Waals surface area contributed by atoms with E-state index in [9.17, 15) is 19.2 Å². The van der Waals surface area contributed by atoms with E-state index in [0.29, 0.717) is 22.7 Å². The number of nitrogens with one attached hydrogen (secondary N) is 2. The average Bonchev–Trinajstić information content (AvgIpc) is 2.85. The fourth-order valence-corrected chi connectivity index (χ4v) is 3.16. The van der Waals surface area contributed by atoms with E-state index in [2.05, 4.69) is 10.6 Å². The number of esters is 1. The molecule has 0 aliphatic rings. The van der Waals surface area contributed by atoms with Gasteiger partial charge in [0.2, 0.25) is 5.91 Å². The second-order valence-electron chi connectivity index (χ2n) is 8.26. The van der Waals surface area contributed by atoms with E-state index in [1.807, 2.05) is 32.0 Å². The van der Waals surface area contributed by atoms with Gasteiger partial charge in [-0.15, -0.1) is 0 Å². The number of anilines is 2. The maximum Gasteiger partial charge on any atom is 0.306 e. The Labute approximate surface area is 209 Å². The van der Waals surface area contributed by atoms with Crippen LogP contribution < -0.4 is 15.4 Å². The zero-order valence-electron chi connectivity index (χ0n) is 20.4. The van der Waals surface area contributed by atoms with Gasteiger partial charge in [-0.3, -0.25) is 19.2 Å². The van der Waals surface area contributed by atoms with Crippen LogP contribution in [0.1, 0.15) is 41.3 Å². The van der Waals surface area contributed by atoms with E-state index >= 15 is 0 Å². The Morgan fingerprint density at radius 3 is 1.89 bits per heavy atom. The number of hydrogen-bond acceptors (Lipinski definition) is 6. The number of hydrogen-bond donors (Lipinski definition) is 2. The van der Waals surface area contributed by atoms with Gasteiger partial charge in [-0.2, -0.15) is 0 Å². The van der Waals surface area contributed by atoms with Gasteiger partial charge in [-0.05, 0) is 92.6 Å². The molecule has 0 heterocycles. The molecule has 0 radical (unpaired) electrons. The Balaban J connectivity index is 1.37. The molecule has 0 fully saturated rings. The fraction of sp³-hybridized carbons (Fsp3) is 0.214. The monoisotopic (exact) mass is 488 g/mol. The van der Waals surface area contributed by atoms with E-state index in [0.717, 1.165) is 11.3 Å². The highest BCUT2D eigenvalue weighted by atomic mass is 16.5. The van der Waals surface area contributed by atoms with Crippen LogP contribution in [0.5, 0.6) is 11.5 Å². The predicted molar refractivity (Wildman–Crippen MR) is 136 cm³/mol. The first-order chi connectivity index (χ1) is 17.2. The van der Waals surface area contributed by atoms with Gasteiger partial charge in [-0.25, -0.2) is 0 Å². The molecule has 3 aromatic rings. The second kappa shape index (κ2) is 12.3. The maximum absolute atomic E-state index is 12.2. The molecule has 0 unspecified atom stereocenters. The van der Waals surface area contributed by atoms with Gasteiger partial charge in [-0.1, -0.05) is 6.07 Å². The highest BCUT2D eigenvalue weighted by molar-refractivity contribution is 5.96. The minimum Gasteiger partial charge on any atom is -0.457 e. The summed E-state index contributed by atoms with van der Waals surface area (Å²) >= 11 is 0. The molecule has 0 aliphatic heterocycles. The zero-order valence-corrected chi connectivity index (χ0v) is 20.4. The van der Waals surface area contributed by atoms with Gasteiger partial charge in [0.1, 0.15) is 11.5 Å². The summed E-state index contributed by atoms with van der Waals surface area (Å²) in [7, 11) is 0. The largest absolute Gasteiger partial charge is 0.457 e. The summed E-state index contributed by atoms with van der Waals surface area (Å²) in [4.78, 5) is 47.3. The van der Waals surface area contributed by atoms with Crippen LogP contribution in [0.2, 0.25) is 0 Å². The van der Waals surface area contributed by atoms with Crippen LogP contribution >= 0.6 is 0 Å². The van der Waals surface area contributed by atoms with Gasteiger partial charge in [0.15, 0.2) is 12.4 Å². The van der Waals surface area contributed by atoms with Crippen molar-refractivity contribution in [3.63, 3.8) is 0 Å². The van der Waals surface area contributed by atoms with E-state index in [4.69, 9.17) is 9.47 Å². The van der Waals surface area contributed by atoms with E-state index < -0.39 is 18.5 Å². The van der Waals surface area contributed by atoms with Crippen LogP contribution in [0.25, 0.3) is 0 Å². The molecular formula is C28H28N2O6. The Kier molecular flexibility index (Phi) is 8.94. The molecule has 0 aliphatic carbocycles. The van der Waals surface area contributed by atoms with Crippen molar-refractivity contribution in [1.82, 2.24) is 0 Å². The second-order valence-corrected chi connectivity index (χ2v) is 8.26. The van der Waals surface area contributed by atoms with Crippen molar-refractivity contribution in [2.75, 3.05) is 17.2 Å². The van der Waals surface area contributed by atoms with Gasteiger partial charge in [0, 0.05) is 23.4 Å². The summed E-state index contributed by atoms with van der Waals surface area (Å²) in [5, 5.41) is 5.28. The van der Waals surface area contributed by atoms with E-state index in [1.54, 1.807) is 48.5 Å². The molecule has 0 spiro atoms. The van der Waals surface area contributed by atoms with Crippen LogP contribution in [0.15, 0.2) is 66.7 Å². The van der Waals surface area contributed by atoms with Crippen LogP contribution in [0.3, 0.4) is 0 Å². The summed E-state index contributed by atoms with van der Waals surface area (Å²) < 4.78 is 10.8. The third kappa shape index (κ3) is 8.09. The minimum atomic E-state index is -0.663. The fourth-order valence-electron chi connectivity index (χ4n) is 3.16. The number of amides is 2. The molecule has 2 amide bonds. The number of carbonyl (C=O) groups is 4. The predicted octanol–water partition coefficient (Wildman–Crippen LogP) is 5.20. The van der Waals surface area contributed by atoms with E-state index in [-0.39, 0.29) is 24.5 Å². The van der Waals surface area contributed by atoms with Crippen molar-refractivity contribution in [3.8, 4) is 11.5 Å². The van der Waals surface area contributed by atoms with Crippen LogP contribution in [0.4, 0.5) is 11.4 Å². The Morgan fingerprint density at radius 1 is 0.694 bits per heavy atom. The summed E-state index contributed by atoms with van der Waals surface area (Å²) in [5.41, 5.74) is 3.89. The maximum atomic E-state index is 12.2. The SMILES string of the molecule is CC(=O)c1ccc(NC(=O)COC(=O)CCC(=O)Nc2ccc(Oc3ccc(C)c(C)c3)cc2)cc1. The van der Waals surface area contributed by atoms with Gasteiger partial charge in [0.05, 0.1) is 6.42 Å². The summed E-state index contributed by atoms with van der Waals surface area (Å²) in [6.07, 6.45) is -0.256. The first-order valence-corrected chi connectivity index (χ1v) is 11.4. The summed E-state index contributed by atoms with van der Waals surface area (Å²) in [6.45, 7) is 5.03. The minimum absolute atomic E-state index is 0.0787. The number of ether oxygens (including phenoxy) is 2. The van der Waals surface area contributed by atoms with Gasteiger partial charge >= 0.3 is 5.97 Å². The van der Waals surface area contributed by atoms with Gasteiger partial charge < -0.3 is 20.1 Å². The average molecular weight is 489 g/mol. The molecule has 2 N–H and O–H groups in total. The molecular weight excluding hydrogens is 460 g/mol. The summed E-state index contributed by atoms with van der Waals surface area (Å²) in [6, 6.07) is 19.1. The smallest absolute Gasteiger partial charge is 0.306 e. The lowest BCUT2D eigenvalue weighted by molar-refractivity contribution is -0.147. The quantitative estimate of drug-likeness (QED) is 0.300. The molecule has 0 saturated carbocycles. The van der Waals surface area contributed by atoms with Crippen molar-refractivity contribution in [2.45, 2.75) is 33.6 Å². The molecule has 0 saturated heterocycles. The zero-order chi connectivity index (χ0) is 26.1. The normalized spacial score (nSPS) is 10.3. The number of carbonyl (C=O) groups excluding carboxylic acids is 4. The highest BCUT2D eigenvalue weighted by Crippen LogP contribution is 2.25. The van der Waals surface area contributed by atoms with Crippen LogP contribution in [0, 0.1) is 13.8 Å². The third-order valence-electron chi connectivity index (χ3n) is 5.35. The molecule has 36 heavy (non-hydrogen) atoms. The molecule has 186 valence electrons. The first-order valence-electron chi connectivity index (χ1n) is 11.4. The number of ketones is 1. The highest BCUT2D eigenvalue weighted by Gasteiger charge is 2.11. The van der Waals surface area contributed by atoms with Crippen molar-refractivity contribution >= 4 is 34.9 Å². The van der Waals surface area contributed by atoms with Crippen molar-refractivity contribution in [1.29, 1.82) is 0 Å². The van der Waals surface area contributed by atoms with Crippen molar-refractivity contribution in [2.24, 2.45) is 0 Å². The Hall–Kier alpha value is -4.46. The lowest BCUT2D eigenvalue weighted by Crippen LogP contribution is -2.21. The van der Waals surface area contributed by atoms with E-state index in [1.165, 1.54) is 12.5 Å². The number of aryl methyl sites for hydroxylation is 2. The lowest BCUT2D eigenvalue weighted by atomic mass is 10.1. The number of rotatable bonds is 10. The first kappa shape index (κ1) is 26.2. The molecule has 8 heteroatoms. The molecule has 3 aromatic carbocycles. The third-order valence-corrected chi connectivity index (χ3v) is 5.35. The molecule has 3 rings (SSSR count). The lowest BCUT2D eigenvalue weighted by Gasteiger charge is -2.10. The molecule has 8 nitrogen and oxygen atoms in total. The Bertz CT molecular complexity index is 1250. The molecule has 0 atom stereocenters. The van der Waals surface area contributed by atoms with Crippen LogP contribution in [-0.2, 0) is 19.1 Å². The molecule has 0 aromatic heterocycles. The number of Topliss-reactive ketones (excluding diaryl/α,β-unsaturated/α-hetero) is 1. The van der Waals surface area contributed by atoms with Gasteiger partial charge in [0.25, 0.3) is 5.91 Å². The van der Waals surface area contributed by atoms with Crippen molar-refractivity contribution < 1.29 is 28.7 Å². The standard InChI is InChI=1S/C28H28N2O6/c1-18-4-11-25(16-19(18)2)36-24-12-9-23(10-13-24)29-26(32)14-15-28(34)35-17-27(33)30-22-7-5-21(6-8-22)20(3)31/h4-13,16H,14-15,17H2,1-3H3,(H,29,32)(H,30,33). The van der Waals surface area contributed by atoms with Crippen molar-refractivity contribution in [3.05, 3.63) is 83.4 Å². The van der Waals surface area contributed by atoms with Crippen LogP contribution in [-0.4, -0.2) is 30.2 Å². The topological polar surface area (TPSA) is 111 Å². The Morgan fingerprint density at radius 2 is 1.28 bits per heavy atom. The number of benzene rings is 3.